The maximum atomic E-state index is 13.7. The van der Waals surface area contributed by atoms with Crippen molar-refractivity contribution in [3.8, 4) is 6.07 Å². The van der Waals surface area contributed by atoms with Crippen molar-refractivity contribution in [1.82, 2.24) is 0 Å². The van der Waals surface area contributed by atoms with Gasteiger partial charge in [0.25, 0.3) is 0 Å². The molecule has 1 saturated carbocycles. The smallest absolute Gasteiger partial charge is 0.229 e. The molecule has 106 valence electrons. The van der Waals surface area contributed by atoms with E-state index >= 15 is 0 Å². The van der Waals surface area contributed by atoms with E-state index in [-0.39, 0.29) is 29.1 Å². The summed E-state index contributed by atoms with van der Waals surface area (Å²) in [5, 5.41) is 11.3. The Bertz CT molecular complexity index is 538. The molecule has 20 heavy (non-hydrogen) atoms. The summed E-state index contributed by atoms with van der Waals surface area (Å²) in [6.45, 7) is 0. The van der Waals surface area contributed by atoms with Crippen molar-refractivity contribution in [2.24, 2.45) is 11.7 Å². The Balaban J connectivity index is 2.09. The first-order chi connectivity index (χ1) is 9.61. The summed E-state index contributed by atoms with van der Waals surface area (Å²) in [5.41, 5.74) is 6.35. The highest BCUT2D eigenvalue weighted by Gasteiger charge is 2.27. The zero-order valence-electron chi connectivity index (χ0n) is 11.2. The highest BCUT2D eigenvalue weighted by atomic mass is 19.1. The fourth-order valence-corrected chi connectivity index (χ4v) is 2.57. The number of nitrogens with one attached hydrogen (secondary N) is 1. The molecule has 0 saturated heterocycles. The zero-order valence-corrected chi connectivity index (χ0v) is 11.2. The SMILES string of the molecule is N#Cc1ccc(NC(=O)C2CCCCCC2N)c(F)c1. The van der Waals surface area contributed by atoms with Crippen molar-refractivity contribution >= 4 is 11.6 Å². The van der Waals surface area contributed by atoms with Gasteiger partial charge in [0, 0.05) is 6.04 Å². The number of benzene rings is 1. The summed E-state index contributed by atoms with van der Waals surface area (Å²) in [6, 6.07) is 5.69. The van der Waals surface area contributed by atoms with Crippen LogP contribution in [0.25, 0.3) is 0 Å². The van der Waals surface area contributed by atoms with E-state index in [2.05, 4.69) is 5.32 Å². The summed E-state index contributed by atoms with van der Waals surface area (Å²) in [4.78, 5) is 12.2. The number of amides is 1. The Morgan fingerprint density at radius 3 is 2.80 bits per heavy atom. The molecule has 0 heterocycles. The monoisotopic (exact) mass is 275 g/mol. The van der Waals surface area contributed by atoms with E-state index in [1.54, 1.807) is 0 Å². The minimum atomic E-state index is -0.598. The number of rotatable bonds is 2. The molecule has 2 atom stereocenters. The van der Waals surface area contributed by atoms with E-state index in [1.165, 1.54) is 12.1 Å². The largest absolute Gasteiger partial charge is 0.327 e. The second kappa shape index (κ2) is 6.49. The van der Waals surface area contributed by atoms with Gasteiger partial charge in [0.2, 0.25) is 5.91 Å². The molecule has 1 aliphatic rings. The fourth-order valence-electron chi connectivity index (χ4n) is 2.57. The second-order valence-electron chi connectivity index (χ2n) is 5.20. The number of hydrogen-bond acceptors (Lipinski definition) is 3. The Kier molecular flexibility index (Phi) is 4.70. The van der Waals surface area contributed by atoms with Crippen LogP contribution in [0, 0.1) is 23.1 Å². The molecule has 0 radical (unpaired) electrons. The molecule has 2 unspecified atom stereocenters. The summed E-state index contributed by atoms with van der Waals surface area (Å²) < 4.78 is 13.7. The third kappa shape index (κ3) is 3.34. The lowest BCUT2D eigenvalue weighted by molar-refractivity contribution is -0.120. The number of nitrogens with zero attached hydrogens (tertiary/aromatic N) is 1. The lowest BCUT2D eigenvalue weighted by Crippen LogP contribution is -2.37. The van der Waals surface area contributed by atoms with Crippen LogP contribution in [0.5, 0.6) is 0 Å². The van der Waals surface area contributed by atoms with Crippen LogP contribution in [-0.4, -0.2) is 11.9 Å². The minimum absolute atomic E-state index is 0.102. The van der Waals surface area contributed by atoms with Crippen LogP contribution in [0.3, 0.4) is 0 Å². The molecule has 3 N–H and O–H groups in total. The number of carbonyl (C=O) groups excluding carboxylic acids is 1. The van der Waals surface area contributed by atoms with Gasteiger partial charge in [0.05, 0.1) is 23.2 Å². The summed E-state index contributed by atoms with van der Waals surface area (Å²) >= 11 is 0. The number of nitrogens with two attached hydrogens (primary N) is 1. The van der Waals surface area contributed by atoms with Gasteiger partial charge in [-0.25, -0.2) is 4.39 Å². The molecule has 5 heteroatoms. The topological polar surface area (TPSA) is 78.9 Å². The van der Waals surface area contributed by atoms with Gasteiger partial charge in [0.1, 0.15) is 5.82 Å². The van der Waals surface area contributed by atoms with E-state index in [0.29, 0.717) is 0 Å². The Morgan fingerprint density at radius 1 is 1.35 bits per heavy atom. The first-order valence-corrected chi connectivity index (χ1v) is 6.88. The highest BCUT2D eigenvalue weighted by molar-refractivity contribution is 5.93. The van der Waals surface area contributed by atoms with E-state index in [4.69, 9.17) is 11.0 Å². The summed E-state index contributed by atoms with van der Waals surface area (Å²) in [6.07, 6.45) is 4.67. The molecule has 1 aromatic rings. The van der Waals surface area contributed by atoms with E-state index in [1.807, 2.05) is 6.07 Å². The molecule has 0 bridgehead atoms. The van der Waals surface area contributed by atoms with Crippen LogP contribution in [0.15, 0.2) is 18.2 Å². The third-order valence-corrected chi connectivity index (χ3v) is 3.76. The van der Waals surface area contributed by atoms with Crippen molar-refractivity contribution in [3.05, 3.63) is 29.6 Å². The maximum absolute atomic E-state index is 13.7. The van der Waals surface area contributed by atoms with E-state index in [0.717, 1.165) is 38.2 Å². The van der Waals surface area contributed by atoms with Crippen molar-refractivity contribution < 1.29 is 9.18 Å². The standard InChI is InChI=1S/C15H18FN3O/c16-12-8-10(9-17)6-7-14(12)19-15(20)11-4-2-1-3-5-13(11)18/h6-8,11,13H,1-5,18H2,(H,19,20). The molecule has 2 rings (SSSR count). The summed E-state index contributed by atoms with van der Waals surface area (Å²) in [7, 11) is 0. The fraction of sp³-hybridized carbons (Fsp3) is 0.467. The molecule has 0 aromatic heterocycles. The number of anilines is 1. The first kappa shape index (κ1) is 14.5. The van der Waals surface area contributed by atoms with Crippen LogP contribution in [0.1, 0.15) is 37.7 Å². The molecule has 1 amide bonds. The number of carbonyl (C=O) groups is 1. The van der Waals surface area contributed by atoms with E-state index < -0.39 is 5.82 Å². The van der Waals surface area contributed by atoms with Gasteiger partial charge >= 0.3 is 0 Å². The first-order valence-electron chi connectivity index (χ1n) is 6.88. The Morgan fingerprint density at radius 2 is 2.10 bits per heavy atom. The van der Waals surface area contributed by atoms with Crippen molar-refractivity contribution in [2.75, 3.05) is 5.32 Å². The number of hydrogen-bond donors (Lipinski definition) is 2. The van der Waals surface area contributed by atoms with Crippen molar-refractivity contribution in [3.63, 3.8) is 0 Å². The van der Waals surface area contributed by atoms with Crippen LogP contribution in [-0.2, 0) is 4.79 Å². The molecule has 4 nitrogen and oxygen atoms in total. The van der Waals surface area contributed by atoms with E-state index in [9.17, 15) is 9.18 Å². The lowest BCUT2D eigenvalue weighted by atomic mass is 9.94. The van der Waals surface area contributed by atoms with Crippen molar-refractivity contribution in [1.29, 1.82) is 5.26 Å². The molecular formula is C15H18FN3O. The molecule has 1 aliphatic carbocycles. The maximum Gasteiger partial charge on any atom is 0.229 e. The van der Waals surface area contributed by atoms with Gasteiger partial charge in [-0.2, -0.15) is 5.26 Å². The quantitative estimate of drug-likeness (QED) is 0.814. The lowest BCUT2D eigenvalue weighted by Gasteiger charge is -2.20. The zero-order chi connectivity index (χ0) is 14.5. The molecular weight excluding hydrogens is 257 g/mol. The average Bonchev–Trinajstić information content (AvgIpc) is 2.65. The van der Waals surface area contributed by atoms with Gasteiger partial charge in [0.15, 0.2) is 0 Å². The van der Waals surface area contributed by atoms with Gasteiger partial charge in [-0.05, 0) is 31.0 Å². The predicted octanol–water partition coefficient (Wildman–Crippen LogP) is 2.54. The predicted molar refractivity (Wildman–Crippen MR) is 74.3 cm³/mol. The Labute approximate surface area is 117 Å². The Hall–Kier alpha value is -1.93. The average molecular weight is 275 g/mol. The summed E-state index contributed by atoms with van der Waals surface area (Å²) in [5.74, 6) is -1.10. The molecule has 1 aromatic carbocycles. The molecule has 0 spiro atoms. The van der Waals surface area contributed by atoms with Gasteiger partial charge < -0.3 is 11.1 Å². The normalized spacial score (nSPS) is 22.6. The van der Waals surface area contributed by atoms with Crippen LogP contribution in [0.4, 0.5) is 10.1 Å². The van der Waals surface area contributed by atoms with Crippen LogP contribution in [0.2, 0.25) is 0 Å². The van der Waals surface area contributed by atoms with Crippen LogP contribution >= 0.6 is 0 Å². The van der Waals surface area contributed by atoms with Crippen molar-refractivity contribution in [2.45, 2.75) is 38.1 Å². The highest BCUT2D eigenvalue weighted by Crippen LogP contribution is 2.24. The second-order valence-corrected chi connectivity index (χ2v) is 5.20. The van der Waals surface area contributed by atoms with Gasteiger partial charge in [-0.3, -0.25) is 4.79 Å². The third-order valence-electron chi connectivity index (χ3n) is 3.76. The molecule has 0 aliphatic heterocycles. The van der Waals surface area contributed by atoms with Gasteiger partial charge in [-0.15, -0.1) is 0 Å². The van der Waals surface area contributed by atoms with Crippen LogP contribution < -0.4 is 11.1 Å². The van der Waals surface area contributed by atoms with Gasteiger partial charge in [-0.1, -0.05) is 19.3 Å². The molecule has 1 fully saturated rings. The minimum Gasteiger partial charge on any atom is -0.327 e. The number of halogens is 1. The number of nitriles is 1.